The molecule has 4 nitrogen and oxygen atoms in total. The Labute approximate surface area is 152 Å². The van der Waals surface area contributed by atoms with Crippen LogP contribution in [0.5, 0.6) is 0 Å². The Kier molecular flexibility index (Phi) is 11.1. The fourth-order valence-corrected chi connectivity index (χ4v) is 2.73. The number of halogens is 2. The molecule has 1 heterocycles. The van der Waals surface area contributed by atoms with Crippen molar-refractivity contribution in [3.63, 3.8) is 0 Å². The summed E-state index contributed by atoms with van der Waals surface area (Å²) in [7, 11) is 0. The number of anilines is 1. The average Bonchev–Trinajstić information content (AvgIpc) is 3.01. The highest BCUT2D eigenvalue weighted by atomic mass is 35.5. The predicted octanol–water partition coefficient (Wildman–Crippen LogP) is 3.17. The molecule has 0 radical (unpaired) electrons. The largest absolute Gasteiger partial charge is 0.371 e. The van der Waals surface area contributed by atoms with E-state index in [1.807, 2.05) is 13.0 Å². The first-order valence-electron chi connectivity index (χ1n) is 8.07. The summed E-state index contributed by atoms with van der Waals surface area (Å²) in [5.41, 5.74) is 3.02. The van der Waals surface area contributed by atoms with Crippen molar-refractivity contribution < 1.29 is 4.79 Å². The monoisotopic (exact) mass is 361 g/mol. The maximum Gasteiger partial charge on any atom is 0.253 e. The molecule has 1 aromatic rings. The van der Waals surface area contributed by atoms with Gasteiger partial charge in [-0.1, -0.05) is 18.6 Å². The summed E-state index contributed by atoms with van der Waals surface area (Å²) in [5, 5.41) is 6.32. The highest BCUT2D eigenvalue weighted by molar-refractivity contribution is 6.00. The van der Waals surface area contributed by atoms with Gasteiger partial charge in [0.05, 0.1) is 5.56 Å². The number of benzene rings is 1. The van der Waals surface area contributed by atoms with Crippen LogP contribution < -0.4 is 15.5 Å². The van der Waals surface area contributed by atoms with Gasteiger partial charge in [0.1, 0.15) is 0 Å². The molecule has 2 N–H and O–H groups in total. The van der Waals surface area contributed by atoms with Gasteiger partial charge in [0.25, 0.3) is 5.91 Å². The minimum Gasteiger partial charge on any atom is -0.371 e. The first-order chi connectivity index (χ1) is 10.2. The van der Waals surface area contributed by atoms with Crippen LogP contribution in [0.3, 0.4) is 0 Å². The number of amides is 1. The lowest BCUT2D eigenvalue weighted by Crippen LogP contribution is -2.33. The van der Waals surface area contributed by atoms with Crippen LogP contribution in [0.4, 0.5) is 5.69 Å². The van der Waals surface area contributed by atoms with Gasteiger partial charge in [-0.2, -0.15) is 0 Å². The summed E-state index contributed by atoms with van der Waals surface area (Å²) in [4.78, 5) is 14.8. The molecule has 0 saturated carbocycles. The van der Waals surface area contributed by atoms with Crippen molar-refractivity contribution in [2.24, 2.45) is 0 Å². The summed E-state index contributed by atoms with van der Waals surface area (Å²) in [6, 6.07) is 6.18. The van der Waals surface area contributed by atoms with E-state index in [-0.39, 0.29) is 30.7 Å². The molecule has 2 rings (SSSR count). The van der Waals surface area contributed by atoms with Crippen molar-refractivity contribution in [2.75, 3.05) is 37.6 Å². The first kappa shape index (κ1) is 22.0. The highest BCUT2D eigenvalue weighted by Crippen LogP contribution is 2.25. The van der Waals surface area contributed by atoms with E-state index < -0.39 is 0 Å². The van der Waals surface area contributed by atoms with E-state index in [0.29, 0.717) is 6.54 Å². The molecule has 23 heavy (non-hydrogen) atoms. The van der Waals surface area contributed by atoms with Gasteiger partial charge in [-0.3, -0.25) is 4.79 Å². The number of nitrogens with one attached hydrogen (secondary N) is 2. The summed E-state index contributed by atoms with van der Waals surface area (Å²) in [6.07, 6.45) is 3.55. The van der Waals surface area contributed by atoms with Crippen LogP contribution in [0.1, 0.15) is 42.1 Å². The molecule has 6 heteroatoms. The fraction of sp³-hybridized carbons (Fsp3) is 0.588. The van der Waals surface area contributed by atoms with Gasteiger partial charge >= 0.3 is 0 Å². The SMILES string of the molecule is CCCNCCNC(=O)c1cc(C)ccc1N1CCCC1.Cl.Cl. The van der Waals surface area contributed by atoms with E-state index in [0.717, 1.165) is 49.4 Å². The average molecular weight is 362 g/mol. The highest BCUT2D eigenvalue weighted by Gasteiger charge is 2.19. The van der Waals surface area contributed by atoms with Crippen LogP contribution in [-0.2, 0) is 0 Å². The Bertz CT molecular complexity index is 477. The third-order valence-corrected chi connectivity index (χ3v) is 3.86. The Morgan fingerprint density at radius 3 is 2.48 bits per heavy atom. The van der Waals surface area contributed by atoms with Crippen LogP contribution in [0, 0.1) is 6.92 Å². The second-order valence-electron chi connectivity index (χ2n) is 5.72. The molecule has 1 fully saturated rings. The quantitative estimate of drug-likeness (QED) is 0.733. The van der Waals surface area contributed by atoms with E-state index in [9.17, 15) is 4.79 Å². The van der Waals surface area contributed by atoms with E-state index in [2.05, 4.69) is 34.6 Å². The molecule has 1 amide bonds. The molecule has 0 unspecified atom stereocenters. The Balaban J connectivity index is 0.00000242. The van der Waals surface area contributed by atoms with E-state index in [4.69, 9.17) is 0 Å². The maximum atomic E-state index is 12.4. The van der Waals surface area contributed by atoms with Crippen LogP contribution in [0.2, 0.25) is 0 Å². The molecule has 0 aromatic heterocycles. The van der Waals surface area contributed by atoms with E-state index in [1.165, 1.54) is 12.8 Å². The molecule has 1 aromatic carbocycles. The van der Waals surface area contributed by atoms with Crippen LogP contribution in [0.15, 0.2) is 18.2 Å². The lowest BCUT2D eigenvalue weighted by Gasteiger charge is -2.21. The second kappa shape index (κ2) is 11.5. The molecule has 0 bridgehead atoms. The number of nitrogens with zero attached hydrogens (tertiary/aromatic N) is 1. The van der Waals surface area contributed by atoms with Crippen molar-refractivity contribution >= 4 is 36.4 Å². The molecule has 132 valence electrons. The number of carbonyl (C=O) groups is 1. The molecule has 1 aliphatic rings. The second-order valence-corrected chi connectivity index (χ2v) is 5.72. The number of aryl methyl sites for hydroxylation is 1. The maximum absolute atomic E-state index is 12.4. The predicted molar refractivity (Wildman–Crippen MR) is 103 cm³/mol. The topological polar surface area (TPSA) is 44.4 Å². The van der Waals surface area contributed by atoms with E-state index >= 15 is 0 Å². The zero-order valence-corrected chi connectivity index (χ0v) is 15.7. The van der Waals surface area contributed by atoms with Crippen LogP contribution >= 0.6 is 24.8 Å². The zero-order valence-electron chi connectivity index (χ0n) is 14.1. The molecule has 1 aliphatic heterocycles. The van der Waals surface area contributed by atoms with Crippen molar-refractivity contribution in [3.8, 4) is 0 Å². The van der Waals surface area contributed by atoms with Crippen molar-refractivity contribution in [3.05, 3.63) is 29.3 Å². The molecule has 0 spiro atoms. The summed E-state index contributed by atoms with van der Waals surface area (Å²) < 4.78 is 0. The van der Waals surface area contributed by atoms with Gasteiger partial charge < -0.3 is 15.5 Å². The van der Waals surface area contributed by atoms with Gasteiger partial charge in [-0.05, 0) is 44.9 Å². The number of hydrogen-bond acceptors (Lipinski definition) is 3. The summed E-state index contributed by atoms with van der Waals surface area (Å²) in [5.74, 6) is 0.0406. The summed E-state index contributed by atoms with van der Waals surface area (Å²) in [6.45, 7) is 8.78. The molecular formula is C17H29Cl2N3O. The zero-order chi connectivity index (χ0) is 15.1. The Hall–Kier alpha value is -0.970. The van der Waals surface area contributed by atoms with Gasteiger partial charge in [-0.25, -0.2) is 0 Å². The molecule has 0 aliphatic carbocycles. The van der Waals surface area contributed by atoms with Gasteiger partial charge in [0.2, 0.25) is 0 Å². The van der Waals surface area contributed by atoms with E-state index in [1.54, 1.807) is 0 Å². The smallest absolute Gasteiger partial charge is 0.253 e. The van der Waals surface area contributed by atoms with Gasteiger partial charge in [-0.15, -0.1) is 24.8 Å². The van der Waals surface area contributed by atoms with Crippen molar-refractivity contribution in [1.82, 2.24) is 10.6 Å². The summed E-state index contributed by atoms with van der Waals surface area (Å²) >= 11 is 0. The lowest BCUT2D eigenvalue weighted by atomic mass is 10.1. The Morgan fingerprint density at radius 2 is 1.83 bits per heavy atom. The lowest BCUT2D eigenvalue weighted by molar-refractivity contribution is 0.0954. The third kappa shape index (κ3) is 6.58. The third-order valence-electron chi connectivity index (χ3n) is 3.86. The van der Waals surface area contributed by atoms with Crippen molar-refractivity contribution in [1.29, 1.82) is 0 Å². The van der Waals surface area contributed by atoms with Crippen molar-refractivity contribution in [2.45, 2.75) is 33.1 Å². The minimum absolute atomic E-state index is 0. The standard InChI is InChI=1S/C17H27N3O.2ClH/c1-3-8-18-9-10-19-17(21)15-13-14(2)6-7-16(15)20-11-4-5-12-20;;/h6-7,13,18H,3-5,8-12H2,1-2H3,(H,19,21);2*1H. The normalized spacial score (nSPS) is 13.2. The Morgan fingerprint density at radius 1 is 1.13 bits per heavy atom. The molecule has 1 saturated heterocycles. The molecule has 0 atom stereocenters. The fourth-order valence-electron chi connectivity index (χ4n) is 2.73. The van der Waals surface area contributed by atoms with Gasteiger partial charge in [0.15, 0.2) is 0 Å². The number of carbonyl (C=O) groups excluding carboxylic acids is 1. The van der Waals surface area contributed by atoms with Crippen LogP contribution in [0.25, 0.3) is 0 Å². The van der Waals surface area contributed by atoms with Gasteiger partial charge in [0, 0.05) is 31.9 Å². The number of rotatable bonds is 7. The van der Waals surface area contributed by atoms with Crippen LogP contribution in [-0.4, -0.2) is 38.6 Å². The number of hydrogen-bond donors (Lipinski definition) is 2. The molecular weight excluding hydrogens is 333 g/mol. The minimum atomic E-state index is 0. The first-order valence-corrected chi connectivity index (χ1v) is 8.07.